The van der Waals surface area contributed by atoms with Gasteiger partial charge in [-0.1, -0.05) is 30.3 Å². The maximum Gasteiger partial charge on any atom is 0.357 e. The number of imidazole rings is 1. The molecule has 0 amide bonds. The molecule has 21 heavy (non-hydrogen) atoms. The van der Waals surface area contributed by atoms with Gasteiger partial charge in [-0.05, 0) is 6.92 Å². The topological polar surface area (TPSA) is 83.7 Å². The summed E-state index contributed by atoms with van der Waals surface area (Å²) < 4.78 is 5.03. The minimum absolute atomic E-state index is 0.311. The van der Waals surface area contributed by atoms with Gasteiger partial charge < -0.3 is 9.72 Å². The molecule has 0 radical (unpaired) electrons. The van der Waals surface area contributed by atoms with Crippen molar-refractivity contribution < 1.29 is 9.53 Å². The Morgan fingerprint density at radius 1 is 1.29 bits per heavy atom. The molecule has 3 rings (SSSR count). The summed E-state index contributed by atoms with van der Waals surface area (Å²) in [7, 11) is 0. The molecule has 2 N–H and O–H groups in total. The lowest BCUT2D eigenvalue weighted by molar-refractivity contribution is 0.0520. The van der Waals surface area contributed by atoms with Crippen LogP contribution in [0.15, 0.2) is 42.9 Å². The van der Waals surface area contributed by atoms with Gasteiger partial charge in [-0.3, -0.25) is 5.10 Å². The number of esters is 1. The molecule has 0 aliphatic rings. The number of carbonyl (C=O) groups excluding carboxylic acids is 1. The van der Waals surface area contributed by atoms with Crippen molar-refractivity contribution in [3.63, 3.8) is 0 Å². The maximum atomic E-state index is 11.9. The number of benzene rings is 1. The number of hydrogen-bond acceptors (Lipinski definition) is 4. The number of nitrogens with one attached hydrogen (secondary N) is 2. The Kier molecular flexibility index (Phi) is 3.51. The van der Waals surface area contributed by atoms with E-state index in [4.69, 9.17) is 4.74 Å². The van der Waals surface area contributed by atoms with Gasteiger partial charge in [0.15, 0.2) is 5.69 Å². The Balaban J connectivity index is 2.06. The number of rotatable bonds is 4. The third kappa shape index (κ3) is 2.43. The number of carbonyl (C=O) groups is 1. The van der Waals surface area contributed by atoms with Crippen molar-refractivity contribution in [1.82, 2.24) is 20.2 Å². The highest BCUT2D eigenvalue weighted by Gasteiger charge is 2.20. The Bertz CT molecular complexity index is 746. The van der Waals surface area contributed by atoms with Gasteiger partial charge in [0.1, 0.15) is 0 Å². The van der Waals surface area contributed by atoms with Crippen LogP contribution >= 0.6 is 0 Å². The first-order valence-corrected chi connectivity index (χ1v) is 6.61. The van der Waals surface area contributed by atoms with Gasteiger partial charge in [-0.2, -0.15) is 5.10 Å². The smallest absolute Gasteiger partial charge is 0.357 e. The van der Waals surface area contributed by atoms with Crippen LogP contribution in [-0.4, -0.2) is 32.7 Å². The molecule has 0 saturated carbocycles. The minimum Gasteiger partial charge on any atom is -0.461 e. The molecule has 0 aliphatic heterocycles. The van der Waals surface area contributed by atoms with E-state index in [1.807, 2.05) is 30.3 Å². The normalized spacial score (nSPS) is 10.5. The van der Waals surface area contributed by atoms with Gasteiger partial charge in [-0.15, -0.1) is 0 Å². The van der Waals surface area contributed by atoms with Crippen LogP contribution in [0.4, 0.5) is 0 Å². The Morgan fingerprint density at radius 2 is 2.10 bits per heavy atom. The SMILES string of the molecule is CCOC(=O)c1[nH]ncc1-c1[nH]cnc1-c1ccccc1. The van der Waals surface area contributed by atoms with Gasteiger partial charge >= 0.3 is 5.97 Å². The summed E-state index contributed by atoms with van der Waals surface area (Å²) in [5.74, 6) is -0.432. The van der Waals surface area contributed by atoms with E-state index in [1.165, 1.54) is 0 Å². The molecule has 1 aromatic carbocycles. The lowest BCUT2D eigenvalue weighted by atomic mass is 10.1. The number of nitrogens with zero attached hydrogens (tertiary/aromatic N) is 2. The molecule has 0 spiro atoms. The predicted octanol–water partition coefficient (Wildman–Crippen LogP) is 2.64. The highest BCUT2D eigenvalue weighted by Crippen LogP contribution is 2.30. The summed E-state index contributed by atoms with van der Waals surface area (Å²) in [5, 5.41) is 6.63. The molecule has 0 unspecified atom stereocenters. The van der Waals surface area contributed by atoms with E-state index in [0.717, 1.165) is 17.0 Å². The predicted molar refractivity (Wildman–Crippen MR) is 77.6 cm³/mol. The molecule has 0 aliphatic carbocycles. The molecule has 106 valence electrons. The van der Waals surface area contributed by atoms with Crippen molar-refractivity contribution in [3.8, 4) is 22.5 Å². The van der Waals surface area contributed by atoms with Crippen molar-refractivity contribution in [1.29, 1.82) is 0 Å². The second-order valence-electron chi connectivity index (χ2n) is 4.37. The molecule has 0 saturated heterocycles. The summed E-state index contributed by atoms with van der Waals surface area (Å²) in [4.78, 5) is 19.3. The third-order valence-corrected chi connectivity index (χ3v) is 3.07. The summed E-state index contributed by atoms with van der Waals surface area (Å²) in [5.41, 5.74) is 3.42. The third-order valence-electron chi connectivity index (χ3n) is 3.07. The zero-order valence-corrected chi connectivity index (χ0v) is 11.5. The minimum atomic E-state index is -0.432. The first-order chi connectivity index (χ1) is 10.3. The lowest BCUT2D eigenvalue weighted by Gasteiger charge is -2.04. The second kappa shape index (κ2) is 5.62. The zero-order valence-electron chi connectivity index (χ0n) is 11.5. The highest BCUT2D eigenvalue weighted by molar-refractivity contribution is 5.96. The van der Waals surface area contributed by atoms with Crippen LogP contribution in [0.5, 0.6) is 0 Å². The standard InChI is InChI=1S/C15H14N4O2/c1-2-21-15(20)14-11(8-18-19-14)13-12(16-9-17-13)10-6-4-3-5-7-10/h3-9H,2H2,1H3,(H,16,17)(H,18,19). The van der Waals surface area contributed by atoms with Gasteiger partial charge in [-0.25, -0.2) is 9.78 Å². The number of H-pyrrole nitrogens is 2. The van der Waals surface area contributed by atoms with E-state index >= 15 is 0 Å². The van der Waals surface area contributed by atoms with Crippen molar-refractivity contribution in [2.45, 2.75) is 6.92 Å². The quantitative estimate of drug-likeness (QED) is 0.720. The van der Waals surface area contributed by atoms with E-state index in [2.05, 4.69) is 20.2 Å². The monoisotopic (exact) mass is 282 g/mol. The second-order valence-corrected chi connectivity index (χ2v) is 4.37. The van der Waals surface area contributed by atoms with Crippen LogP contribution in [0.2, 0.25) is 0 Å². The first kappa shape index (κ1) is 13.1. The van der Waals surface area contributed by atoms with Crippen LogP contribution < -0.4 is 0 Å². The molecule has 0 atom stereocenters. The average Bonchev–Trinajstić information content (AvgIpc) is 3.17. The number of aromatic nitrogens is 4. The molecular formula is C15H14N4O2. The Hall–Kier alpha value is -2.89. The lowest BCUT2D eigenvalue weighted by Crippen LogP contribution is -2.06. The van der Waals surface area contributed by atoms with E-state index in [-0.39, 0.29) is 0 Å². The fourth-order valence-corrected chi connectivity index (χ4v) is 2.15. The fraction of sp³-hybridized carbons (Fsp3) is 0.133. The van der Waals surface area contributed by atoms with Gasteiger partial charge in [0.2, 0.25) is 0 Å². The van der Waals surface area contributed by atoms with Gasteiger partial charge in [0, 0.05) is 5.56 Å². The summed E-state index contributed by atoms with van der Waals surface area (Å²) in [6, 6.07) is 9.75. The largest absolute Gasteiger partial charge is 0.461 e. The van der Waals surface area contributed by atoms with Gasteiger partial charge in [0.05, 0.1) is 36.1 Å². The maximum absolute atomic E-state index is 11.9. The van der Waals surface area contributed by atoms with E-state index in [9.17, 15) is 4.79 Å². The van der Waals surface area contributed by atoms with Crippen LogP contribution in [-0.2, 0) is 4.74 Å². The van der Waals surface area contributed by atoms with Crippen LogP contribution in [0.1, 0.15) is 17.4 Å². The van der Waals surface area contributed by atoms with Crippen molar-refractivity contribution in [2.75, 3.05) is 6.61 Å². The molecule has 0 fully saturated rings. The summed E-state index contributed by atoms with van der Waals surface area (Å²) >= 11 is 0. The molecule has 2 heterocycles. The molecular weight excluding hydrogens is 268 g/mol. The van der Waals surface area contributed by atoms with Gasteiger partial charge in [0.25, 0.3) is 0 Å². The van der Waals surface area contributed by atoms with Crippen LogP contribution in [0, 0.1) is 0 Å². The molecule has 2 aromatic heterocycles. The Morgan fingerprint density at radius 3 is 2.86 bits per heavy atom. The fourth-order valence-electron chi connectivity index (χ4n) is 2.15. The van der Waals surface area contributed by atoms with E-state index < -0.39 is 5.97 Å². The zero-order chi connectivity index (χ0) is 14.7. The highest BCUT2D eigenvalue weighted by atomic mass is 16.5. The number of hydrogen-bond donors (Lipinski definition) is 2. The number of ether oxygens (including phenoxy) is 1. The molecule has 0 bridgehead atoms. The summed E-state index contributed by atoms with van der Waals surface area (Å²) in [6.07, 6.45) is 3.19. The van der Waals surface area contributed by atoms with Crippen LogP contribution in [0.3, 0.4) is 0 Å². The van der Waals surface area contributed by atoms with Crippen molar-refractivity contribution in [2.24, 2.45) is 0 Å². The first-order valence-electron chi connectivity index (χ1n) is 6.61. The van der Waals surface area contributed by atoms with E-state index in [1.54, 1.807) is 19.4 Å². The van der Waals surface area contributed by atoms with E-state index in [0.29, 0.717) is 17.9 Å². The van der Waals surface area contributed by atoms with Crippen molar-refractivity contribution >= 4 is 5.97 Å². The number of aromatic amines is 2. The summed E-state index contributed by atoms with van der Waals surface area (Å²) in [6.45, 7) is 2.07. The van der Waals surface area contributed by atoms with Crippen molar-refractivity contribution in [3.05, 3.63) is 48.5 Å². The molecule has 3 aromatic rings. The molecule has 6 heteroatoms. The Labute approximate surface area is 121 Å². The van der Waals surface area contributed by atoms with Crippen LogP contribution in [0.25, 0.3) is 22.5 Å². The molecule has 6 nitrogen and oxygen atoms in total. The average molecular weight is 282 g/mol.